The minimum absolute atomic E-state index is 0.00332. The molecule has 0 aliphatic heterocycles. The molecular weight excluding hydrogens is 421 g/mol. The third kappa shape index (κ3) is 3.77. The summed E-state index contributed by atoms with van der Waals surface area (Å²) in [6.45, 7) is -0.00332. The zero-order valence-electron chi connectivity index (χ0n) is 9.86. The summed E-state index contributed by atoms with van der Waals surface area (Å²) in [6.07, 6.45) is 0. The predicted octanol–water partition coefficient (Wildman–Crippen LogP) is 3.80. The second-order valence-corrected chi connectivity index (χ2v) is 6.03. The molecule has 1 amide bonds. The van der Waals surface area contributed by atoms with E-state index in [1.54, 1.807) is 24.3 Å². The van der Waals surface area contributed by atoms with Crippen molar-refractivity contribution < 1.29 is 9.90 Å². The van der Waals surface area contributed by atoms with Crippen molar-refractivity contribution in [2.45, 2.75) is 6.61 Å². The number of carbonyl (C=O) groups is 1. The fourth-order valence-corrected chi connectivity index (χ4v) is 2.48. The summed E-state index contributed by atoms with van der Waals surface area (Å²) in [6, 6.07) is 12.7. The van der Waals surface area contributed by atoms with E-state index in [-0.39, 0.29) is 12.5 Å². The van der Waals surface area contributed by atoms with Gasteiger partial charge < -0.3 is 10.4 Å². The molecular formula is C14H11BrINO2. The van der Waals surface area contributed by atoms with Gasteiger partial charge in [0.25, 0.3) is 5.91 Å². The molecule has 0 heterocycles. The lowest BCUT2D eigenvalue weighted by Crippen LogP contribution is -2.12. The van der Waals surface area contributed by atoms with Gasteiger partial charge in [0, 0.05) is 13.7 Å². The Morgan fingerprint density at radius 2 is 1.89 bits per heavy atom. The van der Waals surface area contributed by atoms with E-state index < -0.39 is 0 Å². The average Bonchev–Trinajstić information content (AvgIpc) is 2.42. The lowest BCUT2D eigenvalue weighted by atomic mass is 10.2. The van der Waals surface area contributed by atoms with Crippen LogP contribution >= 0.6 is 38.5 Å². The number of hydrogen-bond donors (Lipinski definition) is 2. The van der Waals surface area contributed by atoms with Gasteiger partial charge in [0.05, 0.1) is 12.2 Å². The van der Waals surface area contributed by atoms with E-state index in [2.05, 4.69) is 43.8 Å². The highest BCUT2D eigenvalue weighted by Gasteiger charge is 2.10. The first-order valence-electron chi connectivity index (χ1n) is 5.56. The van der Waals surface area contributed by atoms with Gasteiger partial charge in [-0.2, -0.15) is 0 Å². The molecule has 0 aliphatic rings. The predicted molar refractivity (Wildman–Crippen MR) is 87.2 cm³/mol. The van der Waals surface area contributed by atoms with Crippen LogP contribution in [0.15, 0.2) is 46.9 Å². The zero-order valence-corrected chi connectivity index (χ0v) is 13.6. The number of hydrogen-bond acceptors (Lipinski definition) is 2. The van der Waals surface area contributed by atoms with Crippen molar-refractivity contribution in [1.29, 1.82) is 0 Å². The average molecular weight is 432 g/mol. The second-order valence-electron chi connectivity index (χ2n) is 3.93. The Kier molecular flexibility index (Phi) is 4.95. The monoisotopic (exact) mass is 431 g/mol. The Labute approximate surface area is 133 Å². The largest absolute Gasteiger partial charge is 0.392 e. The van der Waals surface area contributed by atoms with E-state index >= 15 is 0 Å². The molecule has 0 bridgehead atoms. The van der Waals surface area contributed by atoms with Crippen LogP contribution in [0, 0.1) is 3.57 Å². The van der Waals surface area contributed by atoms with E-state index in [0.29, 0.717) is 11.3 Å². The molecule has 0 saturated heterocycles. The molecule has 19 heavy (non-hydrogen) atoms. The highest BCUT2D eigenvalue weighted by atomic mass is 127. The molecule has 2 aromatic carbocycles. The maximum atomic E-state index is 12.1. The van der Waals surface area contributed by atoms with Gasteiger partial charge in [-0.15, -0.1) is 0 Å². The number of anilines is 1. The lowest BCUT2D eigenvalue weighted by Gasteiger charge is -2.08. The first-order valence-corrected chi connectivity index (χ1v) is 7.43. The van der Waals surface area contributed by atoms with Crippen LogP contribution in [0.5, 0.6) is 0 Å². The normalized spacial score (nSPS) is 10.3. The van der Waals surface area contributed by atoms with Gasteiger partial charge in [0.1, 0.15) is 0 Å². The second kappa shape index (κ2) is 6.49. The number of aliphatic hydroxyl groups is 1. The Morgan fingerprint density at radius 1 is 1.21 bits per heavy atom. The third-order valence-corrected chi connectivity index (χ3v) is 3.93. The summed E-state index contributed by atoms with van der Waals surface area (Å²) < 4.78 is 1.76. The maximum absolute atomic E-state index is 12.1. The Hall–Kier alpha value is -0.920. The van der Waals surface area contributed by atoms with Gasteiger partial charge in [-0.25, -0.2) is 0 Å². The molecule has 3 nitrogen and oxygen atoms in total. The van der Waals surface area contributed by atoms with Crippen LogP contribution in [-0.4, -0.2) is 11.0 Å². The molecule has 5 heteroatoms. The first-order chi connectivity index (χ1) is 9.10. The van der Waals surface area contributed by atoms with Gasteiger partial charge in [0.15, 0.2) is 0 Å². The molecule has 2 rings (SSSR count). The zero-order chi connectivity index (χ0) is 13.8. The number of amides is 1. The minimum Gasteiger partial charge on any atom is -0.392 e. The van der Waals surface area contributed by atoms with Crippen molar-refractivity contribution in [2.75, 3.05) is 5.32 Å². The van der Waals surface area contributed by atoms with Crippen molar-refractivity contribution in [1.82, 2.24) is 0 Å². The van der Waals surface area contributed by atoms with Crippen LogP contribution in [0.1, 0.15) is 15.9 Å². The van der Waals surface area contributed by atoms with E-state index in [0.717, 1.165) is 13.6 Å². The van der Waals surface area contributed by atoms with E-state index in [9.17, 15) is 4.79 Å². The molecule has 0 saturated carbocycles. The molecule has 0 spiro atoms. The summed E-state index contributed by atoms with van der Waals surface area (Å²) in [4.78, 5) is 12.1. The third-order valence-electron chi connectivity index (χ3n) is 2.57. The van der Waals surface area contributed by atoms with Crippen LogP contribution < -0.4 is 5.32 Å². The molecule has 2 aromatic rings. The van der Waals surface area contributed by atoms with Crippen LogP contribution in [0.3, 0.4) is 0 Å². The SMILES string of the molecule is O=C(Nc1ccc(CO)cc1)c1cc(I)ccc1Br. The van der Waals surface area contributed by atoms with Crippen molar-refractivity contribution in [3.05, 3.63) is 61.6 Å². The van der Waals surface area contributed by atoms with Gasteiger partial charge in [-0.05, 0) is 74.4 Å². The Balaban J connectivity index is 2.18. The highest BCUT2D eigenvalue weighted by Crippen LogP contribution is 2.21. The van der Waals surface area contributed by atoms with E-state index in [1.165, 1.54) is 0 Å². The molecule has 2 N–H and O–H groups in total. The quantitative estimate of drug-likeness (QED) is 0.726. The molecule has 98 valence electrons. The van der Waals surface area contributed by atoms with Gasteiger partial charge >= 0.3 is 0 Å². The van der Waals surface area contributed by atoms with Crippen LogP contribution in [0.2, 0.25) is 0 Å². The van der Waals surface area contributed by atoms with Gasteiger partial charge in [-0.3, -0.25) is 4.79 Å². The first kappa shape index (κ1) is 14.5. The fourth-order valence-electron chi connectivity index (χ4n) is 1.56. The fraction of sp³-hybridized carbons (Fsp3) is 0.0714. The molecule has 0 aliphatic carbocycles. The Bertz CT molecular complexity index is 599. The van der Waals surface area contributed by atoms with Crippen molar-refractivity contribution in [3.63, 3.8) is 0 Å². The van der Waals surface area contributed by atoms with Crippen molar-refractivity contribution in [3.8, 4) is 0 Å². The van der Waals surface area contributed by atoms with Crippen molar-refractivity contribution >= 4 is 50.1 Å². The maximum Gasteiger partial charge on any atom is 0.256 e. The summed E-state index contributed by atoms with van der Waals surface area (Å²) >= 11 is 5.54. The van der Waals surface area contributed by atoms with Gasteiger partial charge in [-0.1, -0.05) is 12.1 Å². The van der Waals surface area contributed by atoms with E-state index in [4.69, 9.17) is 5.11 Å². The van der Waals surface area contributed by atoms with Crippen molar-refractivity contribution in [2.24, 2.45) is 0 Å². The summed E-state index contributed by atoms with van der Waals surface area (Å²) in [5.74, 6) is -0.165. The summed E-state index contributed by atoms with van der Waals surface area (Å²) in [5, 5.41) is 11.8. The lowest BCUT2D eigenvalue weighted by molar-refractivity contribution is 0.102. The standard InChI is InChI=1S/C14H11BrINO2/c15-13-6-3-10(16)7-12(13)14(19)17-11-4-1-9(8-18)2-5-11/h1-7,18H,8H2,(H,17,19). The number of carbonyl (C=O) groups excluding carboxylic acids is 1. The molecule has 0 radical (unpaired) electrons. The topological polar surface area (TPSA) is 49.3 Å². The van der Waals surface area contributed by atoms with Crippen LogP contribution in [0.25, 0.3) is 0 Å². The molecule has 0 aromatic heterocycles. The Morgan fingerprint density at radius 3 is 2.53 bits per heavy atom. The van der Waals surface area contributed by atoms with Crippen LogP contribution in [0.4, 0.5) is 5.69 Å². The minimum atomic E-state index is -0.165. The number of rotatable bonds is 3. The molecule has 0 atom stereocenters. The summed E-state index contributed by atoms with van der Waals surface area (Å²) in [5.41, 5.74) is 2.11. The number of aliphatic hydroxyl groups excluding tert-OH is 1. The molecule has 0 unspecified atom stereocenters. The highest BCUT2D eigenvalue weighted by molar-refractivity contribution is 14.1. The number of benzene rings is 2. The van der Waals surface area contributed by atoms with E-state index in [1.807, 2.05) is 18.2 Å². The number of nitrogens with one attached hydrogen (secondary N) is 1. The molecule has 0 fully saturated rings. The smallest absolute Gasteiger partial charge is 0.256 e. The summed E-state index contributed by atoms with van der Waals surface area (Å²) in [7, 11) is 0. The van der Waals surface area contributed by atoms with Crippen LogP contribution in [-0.2, 0) is 6.61 Å². The van der Waals surface area contributed by atoms with Gasteiger partial charge in [0.2, 0.25) is 0 Å². The number of halogens is 2.